The summed E-state index contributed by atoms with van der Waals surface area (Å²) in [6.45, 7) is 8.10. The van der Waals surface area contributed by atoms with Crippen molar-refractivity contribution in [1.82, 2.24) is 0 Å². The van der Waals surface area contributed by atoms with Crippen molar-refractivity contribution in [3.8, 4) is 0 Å². The lowest BCUT2D eigenvalue weighted by molar-refractivity contribution is -0.139. The van der Waals surface area contributed by atoms with Gasteiger partial charge in [0.25, 0.3) is 0 Å². The molecule has 0 atom stereocenters. The first kappa shape index (κ1) is 10.2. The Bertz CT molecular complexity index is 138. The number of hydrogen-bond donors (Lipinski definition) is 0. The van der Waals surface area contributed by atoms with Crippen LogP contribution in [0.3, 0.4) is 0 Å². The van der Waals surface area contributed by atoms with Crippen LogP contribution in [0.15, 0.2) is 12.2 Å². The third-order valence-corrected chi connectivity index (χ3v) is 1.28. The Morgan fingerprint density at radius 1 is 1.36 bits per heavy atom. The lowest BCUT2D eigenvalue weighted by Crippen LogP contribution is -2.07. The molecule has 64 valence electrons. The van der Waals surface area contributed by atoms with E-state index in [2.05, 4.69) is 6.58 Å². The summed E-state index contributed by atoms with van der Waals surface area (Å²) >= 11 is 0. The molecule has 2 heteroatoms. The van der Waals surface area contributed by atoms with Crippen molar-refractivity contribution in [2.75, 3.05) is 6.61 Å². The summed E-state index contributed by atoms with van der Waals surface area (Å²) in [4.78, 5) is 11.0. The van der Waals surface area contributed by atoms with Crippen molar-refractivity contribution in [3.05, 3.63) is 12.2 Å². The van der Waals surface area contributed by atoms with E-state index in [-0.39, 0.29) is 5.97 Å². The van der Waals surface area contributed by atoms with Gasteiger partial charge >= 0.3 is 5.97 Å². The number of esters is 1. The van der Waals surface area contributed by atoms with Gasteiger partial charge in [0, 0.05) is 5.57 Å². The van der Waals surface area contributed by atoms with Crippen LogP contribution in [0.1, 0.15) is 33.1 Å². The second-order valence-corrected chi connectivity index (χ2v) is 2.49. The summed E-state index contributed by atoms with van der Waals surface area (Å²) in [5, 5.41) is 0. The standard InChI is InChI=1S/C9H16O2/c1-4-6-8(3)9(10)11-7-5-2/h3-7H2,1-2H3. The fourth-order valence-electron chi connectivity index (χ4n) is 0.701. The van der Waals surface area contributed by atoms with Crippen LogP contribution in [0.4, 0.5) is 0 Å². The monoisotopic (exact) mass is 156 g/mol. The van der Waals surface area contributed by atoms with Gasteiger partial charge < -0.3 is 4.74 Å². The zero-order valence-electron chi connectivity index (χ0n) is 7.35. The van der Waals surface area contributed by atoms with Crippen LogP contribution < -0.4 is 0 Å². The van der Waals surface area contributed by atoms with Crippen molar-refractivity contribution in [2.24, 2.45) is 0 Å². The van der Waals surface area contributed by atoms with E-state index in [1.807, 2.05) is 13.8 Å². The number of carbonyl (C=O) groups excluding carboxylic acids is 1. The van der Waals surface area contributed by atoms with Gasteiger partial charge in [-0.25, -0.2) is 4.79 Å². The zero-order valence-corrected chi connectivity index (χ0v) is 7.35. The van der Waals surface area contributed by atoms with E-state index in [4.69, 9.17) is 4.74 Å². The van der Waals surface area contributed by atoms with Gasteiger partial charge in [-0.15, -0.1) is 0 Å². The van der Waals surface area contributed by atoms with Crippen LogP contribution in [0.2, 0.25) is 0 Å². The highest BCUT2D eigenvalue weighted by Gasteiger charge is 2.05. The molecule has 0 aliphatic rings. The highest BCUT2D eigenvalue weighted by Crippen LogP contribution is 2.03. The molecule has 2 nitrogen and oxygen atoms in total. The topological polar surface area (TPSA) is 26.3 Å². The molecular weight excluding hydrogens is 140 g/mol. The Labute approximate surface area is 68.2 Å². The number of rotatable bonds is 5. The second kappa shape index (κ2) is 5.96. The van der Waals surface area contributed by atoms with Gasteiger partial charge in [-0.2, -0.15) is 0 Å². The predicted octanol–water partition coefficient (Wildman–Crippen LogP) is 2.30. The molecule has 0 saturated heterocycles. The van der Waals surface area contributed by atoms with Crippen LogP contribution in [0.5, 0.6) is 0 Å². The maximum Gasteiger partial charge on any atom is 0.333 e. The van der Waals surface area contributed by atoms with Gasteiger partial charge in [0.1, 0.15) is 0 Å². The first-order chi connectivity index (χ1) is 5.22. The molecule has 0 amide bonds. The van der Waals surface area contributed by atoms with Gasteiger partial charge in [0.2, 0.25) is 0 Å². The van der Waals surface area contributed by atoms with E-state index in [0.29, 0.717) is 12.2 Å². The first-order valence-corrected chi connectivity index (χ1v) is 4.07. The molecule has 0 saturated carbocycles. The molecule has 0 spiro atoms. The minimum Gasteiger partial charge on any atom is -0.462 e. The van der Waals surface area contributed by atoms with E-state index in [0.717, 1.165) is 19.3 Å². The second-order valence-electron chi connectivity index (χ2n) is 2.49. The third-order valence-electron chi connectivity index (χ3n) is 1.28. The normalized spacial score (nSPS) is 9.27. The van der Waals surface area contributed by atoms with Gasteiger partial charge in [-0.3, -0.25) is 0 Å². The highest BCUT2D eigenvalue weighted by atomic mass is 16.5. The molecule has 0 heterocycles. The number of hydrogen-bond acceptors (Lipinski definition) is 2. The first-order valence-electron chi connectivity index (χ1n) is 4.07. The van der Waals surface area contributed by atoms with Crippen molar-refractivity contribution >= 4 is 5.97 Å². The predicted molar refractivity (Wildman–Crippen MR) is 45.3 cm³/mol. The summed E-state index contributed by atoms with van der Waals surface area (Å²) in [5.41, 5.74) is 0.584. The van der Waals surface area contributed by atoms with Crippen molar-refractivity contribution in [2.45, 2.75) is 33.1 Å². The molecule has 0 bridgehead atoms. The minimum atomic E-state index is -0.242. The molecule has 0 aromatic rings. The van der Waals surface area contributed by atoms with Crippen LogP contribution in [0.25, 0.3) is 0 Å². The molecule has 0 radical (unpaired) electrons. The third kappa shape index (κ3) is 4.59. The lowest BCUT2D eigenvalue weighted by Gasteiger charge is -2.03. The van der Waals surface area contributed by atoms with E-state index < -0.39 is 0 Å². The Hall–Kier alpha value is -0.790. The smallest absolute Gasteiger partial charge is 0.333 e. The van der Waals surface area contributed by atoms with Crippen LogP contribution in [-0.2, 0) is 9.53 Å². The summed E-state index contributed by atoms with van der Waals surface area (Å²) in [6, 6.07) is 0. The van der Waals surface area contributed by atoms with Gasteiger partial charge in [-0.1, -0.05) is 26.8 Å². The van der Waals surface area contributed by atoms with E-state index in [1.54, 1.807) is 0 Å². The fraction of sp³-hybridized carbons (Fsp3) is 0.667. The summed E-state index contributed by atoms with van der Waals surface area (Å²) in [6.07, 6.45) is 2.55. The Kier molecular flexibility index (Phi) is 5.53. The fourth-order valence-corrected chi connectivity index (χ4v) is 0.701. The average molecular weight is 156 g/mol. The average Bonchev–Trinajstić information content (AvgIpc) is 2.00. The minimum absolute atomic E-state index is 0.242. The lowest BCUT2D eigenvalue weighted by atomic mass is 10.2. The quantitative estimate of drug-likeness (QED) is 0.451. The molecule has 0 N–H and O–H groups in total. The SMILES string of the molecule is C=C(CCC)C(=O)OCCC. The number of carbonyl (C=O) groups is 1. The molecular formula is C9H16O2. The Morgan fingerprint density at radius 3 is 2.45 bits per heavy atom. The summed E-state index contributed by atoms with van der Waals surface area (Å²) in [7, 11) is 0. The van der Waals surface area contributed by atoms with Crippen LogP contribution in [0, 0.1) is 0 Å². The molecule has 0 fully saturated rings. The Morgan fingerprint density at radius 2 is 2.00 bits per heavy atom. The Balaban J connectivity index is 3.56. The number of ether oxygens (including phenoxy) is 1. The molecule has 0 aromatic heterocycles. The molecule has 0 aromatic carbocycles. The van der Waals surface area contributed by atoms with Crippen molar-refractivity contribution < 1.29 is 9.53 Å². The van der Waals surface area contributed by atoms with E-state index >= 15 is 0 Å². The van der Waals surface area contributed by atoms with Crippen LogP contribution in [-0.4, -0.2) is 12.6 Å². The van der Waals surface area contributed by atoms with Gasteiger partial charge in [-0.05, 0) is 12.8 Å². The maximum atomic E-state index is 11.0. The molecule has 11 heavy (non-hydrogen) atoms. The van der Waals surface area contributed by atoms with Gasteiger partial charge in [0.05, 0.1) is 6.61 Å². The zero-order chi connectivity index (χ0) is 8.69. The largest absolute Gasteiger partial charge is 0.462 e. The summed E-state index contributed by atoms with van der Waals surface area (Å²) < 4.78 is 4.87. The summed E-state index contributed by atoms with van der Waals surface area (Å²) in [5.74, 6) is -0.242. The van der Waals surface area contributed by atoms with Gasteiger partial charge in [0.15, 0.2) is 0 Å². The van der Waals surface area contributed by atoms with Crippen LogP contribution >= 0.6 is 0 Å². The molecule has 0 unspecified atom stereocenters. The maximum absolute atomic E-state index is 11.0. The molecule has 0 rings (SSSR count). The van der Waals surface area contributed by atoms with Crippen molar-refractivity contribution in [3.63, 3.8) is 0 Å². The molecule has 0 aliphatic carbocycles. The highest BCUT2D eigenvalue weighted by molar-refractivity contribution is 5.87. The van der Waals surface area contributed by atoms with Crippen molar-refractivity contribution in [1.29, 1.82) is 0 Å². The molecule has 0 aliphatic heterocycles. The van der Waals surface area contributed by atoms with E-state index in [1.165, 1.54) is 0 Å². The van der Waals surface area contributed by atoms with E-state index in [9.17, 15) is 4.79 Å².